The van der Waals surface area contributed by atoms with Crippen LogP contribution in [-0.4, -0.2) is 21.8 Å². The number of aromatic nitrogens is 1. The molecule has 4 rings (SSSR count). The van der Waals surface area contributed by atoms with Crippen molar-refractivity contribution in [1.82, 2.24) is 9.99 Å². The standard InChI is InChI=1S/C24H21N3O2/c1-27-17-18(21-14-8-9-15-22(21)27)16-25-26-23(28)24(29,19-10-4-2-5-11-19)20-12-6-3-7-13-20/h2-17,29H,1H3,(H,26,28). The number of nitrogens with one attached hydrogen (secondary N) is 1. The molecule has 1 amide bonds. The number of para-hydroxylation sites is 1. The lowest BCUT2D eigenvalue weighted by Gasteiger charge is -2.27. The second-order valence-electron chi connectivity index (χ2n) is 6.85. The Morgan fingerprint density at radius 3 is 2.10 bits per heavy atom. The molecule has 0 fully saturated rings. The van der Waals surface area contributed by atoms with Crippen LogP contribution in [0.5, 0.6) is 0 Å². The molecule has 0 aliphatic carbocycles. The lowest BCUT2D eigenvalue weighted by Crippen LogP contribution is -2.43. The van der Waals surface area contributed by atoms with Crippen LogP contribution >= 0.6 is 0 Å². The first-order chi connectivity index (χ1) is 14.1. The highest BCUT2D eigenvalue weighted by atomic mass is 16.3. The second kappa shape index (κ2) is 7.73. The van der Waals surface area contributed by atoms with Crippen LogP contribution in [0.3, 0.4) is 0 Å². The van der Waals surface area contributed by atoms with Crippen LogP contribution in [0.4, 0.5) is 0 Å². The normalized spacial score (nSPS) is 11.8. The van der Waals surface area contributed by atoms with Gasteiger partial charge in [-0.25, -0.2) is 5.43 Å². The molecule has 0 atom stereocenters. The first kappa shape index (κ1) is 18.7. The largest absolute Gasteiger partial charge is 0.372 e. The Morgan fingerprint density at radius 2 is 1.48 bits per heavy atom. The fraction of sp³-hybridized carbons (Fsp3) is 0.0833. The zero-order valence-corrected chi connectivity index (χ0v) is 16.0. The van der Waals surface area contributed by atoms with Crippen molar-refractivity contribution in [1.29, 1.82) is 0 Å². The molecule has 0 radical (unpaired) electrons. The summed E-state index contributed by atoms with van der Waals surface area (Å²) in [5, 5.41) is 16.6. The maximum atomic E-state index is 13.0. The molecule has 3 aromatic carbocycles. The number of amides is 1. The molecule has 0 aliphatic heterocycles. The van der Waals surface area contributed by atoms with Gasteiger partial charge in [0, 0.05) is 29.7 Å². The van der Waals surface area contributed by atoms with E-state index in [1.165, 1.54) is 0 Å². The number of hydrogen-bond donors (Lipinski definition) is 2. The van der Waals surface area contributed by atoms with Gasteiger partial charge >= 0.3 is 0 Å². The maximum Gasteiger partial charge on any atom is 0.281 e. The predicted molar refractivity (Wildman–Crippen MR) is 115 cm³/mol. The zero-order chi connectivity index (χ0) is 20.3. The molecular weight excluding hydrogens is 362 g/mol. The lowest BCUT2D eigenvalue weighted by molar-refractivity contribution is -0.136. The zero-order valence-electron chi connectivity index (χ0n) is 16.0. The van der Waals surface area contributed by atoms with Crippen molar-refractivity contribution in [3.05, 3.63) is 108 Å². The molecule has 0 saturated heterocycles. The van der Waals surface area contributed by atoms with Crippen molar-refractivity contribution in [2.24, 2.45) is 12.1 Å². The maximum absolute atomic E-state index is 13.0. The highest BCUT2D eigenvalue weighted by molar-refractivity contribution is 6.00. The average Bonchev–Trinajstić information content (AvgIpc) is 3.10. The number of benzene rings is 3. The van der Waals surface area contributed by atoms with Gasteiger partial charge in [0.15, 0.2) is 5.60 Å². The summed E-state index contributed by atoms with van der Waals surface area (Å²) in [6.07, 6.45) is 3.54. The van der Waals surface area contributed by atoms with Crippen LogP contribution in [-0.2, 0) is 17.4 Å². The third kappa shape index (κ3) is 3.44. The molecule has 144 valence electrons. The van der Waals surface area contributed by atoms with Gasteiger partial charge in [-0.3, -0.25) is 4.79 Å². The van der Waals surface area contributed by atoms with Gasteiger partial charge in [0.2, 0.25) is 0 Å². The van der Waals surface area contributed by atoms with Crippen molar-refractivity contribution in [2.45, 2.75) is 5.60 Å². The number of carbonyl (C=O) groups is 1. The van der Waals surface area contributed by atoms with E-state index in [1.807, 2.05) is 54.2 Å². The molecule has 1 heterocycles. The third-order valence-corrected chi connectivity index (χ3v) is 5.01. The topological polar surface area (TPSA) is 66.6 Å². The third-order valence-electron chi connectivity index (χ3n) is 5.01. The minimum atomic E-state index is -1.85. The van der Waals surface area contributed by atoms with Gasteiger partial charge in [0.25, 0.3) is 5.91 Å². The molecule has 5 heteroatoms. The Labute approximate surface area is 168 Å². The number of aryl methyl sites for hydroxylation is 1. The number of nitrogens with zero attached hydrogens (tertiary/aromatic N) is 2. The van der Waals surface area contributed by atoms with Crippen LogP contribution in [0.2, 0.25) is 0 Å². The fourth-order valence-electron chi connectivity index (χ4n) is 3.50. The minimum absolute atomic E-state index is 0.476. The molecular formula is C24H21N3O2. The Balaban J connectivity index is 1.65. The summed E-state index contributed by atoms with van der Waals surface area (Å²) in [6, 6.07) is 25.7. The van der Waals surface area contributed by atoms with E-state index in [0.29, 0.717) is 11.1 Å². The summed E-state index contributed by atoms with van der Waals surface area (Å²) in [5.74, 6) is -0.619. The molecule has 2 N–H and O–H groups in total. The molecule has 0 bridgehead atoms. The summed E-state index contributed by atoms with van der Waals surface area (Å²) in [4.78, 5) is 13.0. The number of fused-ring (bicyclic) bond motifs is 1. The molecule has 0 aliphatic rings. The van der Waals surface area contributed by atoms with Gasteiger partial charge in [-0.05, 0) is 17.2 Å². The second-order valence-corrected chi connectivity index (χ2v) is 6.85. The summed E-state index contributed by atoms with van der Waals surface area (Å²) in [5.41, 5.74) is 3.57. The van der Waals surface area contributed by atoms with E-state index in [-0.39, 0.29) is 0 Å². The first-order valence-electron chi connectivity index (χ1n) is 9.31. The van der Waals surface area contributed by atoms with E-state index in [1.54, 1.807) is 54.7 Å². The van der Waals surface area contributed by atoms with Crippen LogP contribution in [0.25, 0.3) is 10.9 Å². The quantitative estimate of drug-likeness (QED) is 0.409. The number of hydrazone groups is 1. The highest BCUT2D eigenvalue weighted by Crippen LogP contribution is 2.29. The Morgan fingerprint density at radius 1 is 0.931 bits per heavy atom. The van der Waals surface area contributed by atoms with E-state index in [2.05, 4.69) is 10.5 Å². The Kier molecular flexibility index (Phi) is 4.97. The number of rotatable bonds is 5. The van der Waals surface area contributed by atoms with Gasteiger partial charge in [0.05, 0.1) is 6.21 Å². The molecule has 1 aromatic heterocycles. The van der Waals surface area contributed by atoms with Crippen LogP contribution in [0.1, 0.15) is 16.7 Å². The molecule has 4 aromatic rings. The number of hydrogen-bond acceptors (Lipinski definition) is 3. The van der Waals surface area contributed by atoms with Crippen molar-refractivity contribution in [2.75, 3.05) is 0 Å². The summed E-state index contributed by atoms with van der Waals surface area (Å²) >= 11 is 0. The van der Waals surface area contributed by atoms with Crippen LogP contribution < -0.4 is 5.43 Å². The molecule has 0 unspecified atom stereocenters. The number of carbonyl (C=O) groups excluding carboxylic acids is 1. The van der Waals surface area contributed by atoms with E-state index in [9.17, 15) is 9.90 Å². The van der Waals surface area contributed by atoms with Gasteiger partial charge in [-0.1, -0.05) is 78.9 Å². The van der Waals surface area contributed by atoms with E-state index in [0.717, 1.165) is 16.5 Å². The summed E-state index contributed by atoms with van der Waals surface area (Å²) in [7, 11) is 1.96. The SMILES string of the molecule is Cn1cc(C=NNC(=O)C(O)(c2ccccc2)c2ccccc2)c2ccccc21. The minimum Gasteiger partial charge on any atom is -0.372 e. The van der Waals surface area contributed by atoms with E-state index < -0.39 is 11.5 Å². The molecule has 29 heavy (non-hydrogen) atoms. The smallest absolute Gasteiger partial charge is 0.281 e. The van der Waals surface area contributed by atoms with Crippen molar-refractivity contribution in [3.63, 3.8) is 0 Å². The van der Waals surface area contributed by atoms with Crippen molar-refractivity contribution in [3.8, 4) is 0 Å². The lowest BCUT2D eigenvalue weighted by atomic mass is 9.85. The van der Waals surface area contributed by atoms with E-state index >= 15 is 0 Å². The monoisotopic (exact) mass is 383 g/mol. The van der Waals surface area contributed by atoms with Gasteiger partial charge in [-0.15, -0.1) is 0 Å². The van der Waals surface area contributed by atoms with Gasteiger partial charge in [-0.2, -0.15) is 5.10 Å². The van der Waals surface area contributed by atoms with Gasteiger partial charge < -0.3 is 9.67 Å². The first-order valence-corrected chi connectivity index (χ1v) is 9.31. The van der Waals surface area contributed by atoms with Crippen LogP contribution in [0.15, 0.2) is 96.2 Å². The Hall–Kier alpha value is -3.70. The van der Waals surface area contributed by atoms with Crippen molar-refractivity contribution < 1.29 is 9.90 Å². The Bertz CT molecular complexity index is 1130. The number of aliphatic hydroxyl groups is 1. The average molecular weight is 383 g/mol. The summed E-state index contributed by atoms with van der Waals surface area (Å²) in [6.45, 7) is 0. The molecule has 0 saturated carbocycles. The van der Waals surface area contributed by atoms with Gasteiger partial charge in [0.1, 0.15) is 0 Å². The molecule has 0 spiro atoms. The summed E-state index contributed by atoms with van der Waals surface area (Å²) < 4.78 is 2.00. The predicted octanol–water partition coefficient (Wildman–Crippen LogP) is 3.56. The van der Waals surface area contributed by atoms with Crippen LogP contribution in [0, 0.1) is 0 Å². The van der Waals surface area contributed by atoms with E-state index in [4.69, 9.17) is 0 Å². The fourth-order valence-corrected chi connectivity index (χ4v) is 3.50. The van der Waals surface area contributed by atoms with Crippen molar-refractivity contribution >= 4 is 23.0 Å². The highest BCUT2D eigenvalue weighted by Gasteiger charge is 2.39. The molecule has 5 nitrogen and oxygen atoms in total.